The van der Waals surface area contributed by atoms with Crippen LogP contribution < -0.4 is 14.2 Å². The molecule has 0 N–H and O–H groups in total. The van der Waals surface area contributed by atoms with Crippen molar-refractivity contribution < 1.29 is 18.9 Å². The Morgan fingerprint density at radius 2 is 1.68 bits per heavy atom. The average Bonchev–Trinajstić information content (AvgIpc) is 3.17. The molecule has 0 aliphatic carbocycles. The van der Waals surface area contributed by atoms with E-state index in [-0.39, 0.29) is 6.04 Å². The first-order valence-corrected chi connectivity index (χ1v) is 8.19. The fourth-order valence-corrected chi connectivity index (χ4v) is 2.90. The second kappa shape index (κ2) is 7.53. The van der Waals surface area contributed by atoms with E-state index in [9.17, 15) is 0 Å². The third-order valence-corrected chi connectivity index (χ3v) is 4.43. The summed E-state index contributed by atoms with van der Waals surface area (Å²) in [6.45, 7) is 0.416. The van der Waals surface area contributed by atoms with Crippen molar-refractivity contribution in [3.05, 3.63) is 53.6 Å². The van der Waals surface area contributed by atoms with Gasteiger partial charge in [-0.05, 0) is 29.8 Å². The Morgan fingerprint density at radius 1 is 1.04 bits per heavy atom. The first-order valence-electron chi connectivity index (χ1n) is 7.78. The summed E-state index contributed by atoms with van der Waals surface area (Å²) in [7, 11) is 4.72. The van der Waals surface area contributed by atoms with Gasteiger partial charge in [-0.2, -0.15) is 0 Å². The number of aliphatic imine (C=N–C) groups is 1. The van der Waals surface area contributed by atoms with Crippen LogP contribution in [-0.4, -0.2) is 44.7 Å². The van der Waals surface area contributed by atoms with Crippen LogP contribution in [0.25, 0.3) is 0 Å². The van der Waals surface area contributed by atoms with Crippen molar-refractivity contribution in [2.75, 3.05) is 27.9 Å². The molecule has 2 aromatic rings. The third-order valence-electron chi connectivity index (χ3n) is 3.92. The van der Waals surface area contributed by atoms with Gasteiger partial charge in [-0.25, -0.2) is 4.99 Å². The molecule has 25 heavy (non-hydrogen) atoms. The smallest absolute Gasteiger partial charge is 0.216 e. The normalized spacial score (nSPS) is 16.0. The van der Waals surface area contributed by atoms with E-state index in [2.05, 4.69) is 4.99 Å². The number of methoxy groups -OCH3 is 3. The van der Waals surface area contributed by atoms with Gasteiger partial charge in [0, 0.05) is 5.56 Å². The summed E-state index contributed by atoms with van der Waals surface area (Å²) in [5.74, 6) is 2.27. The fourth-order valence-electron chi connectivity index (χ4n) is 2.66. The molecule has 0 radical (unpaired) electrons. The van der Waals surface area contributed by atoms with E-state index in [1.54, 1.807) is 21.3 Å². The van der Waals surface area contributed by atoms with E-state index in [1.807, 2.05) is 42.5 Å². The van der Waals surface area contributed by atoms with Crippen LogP contribution in [-0.2, 0) is 4.74 Å². The molecule has 6 heteroatoms. The van der Waals surface area contributed by atoms with Gasteiger partial charge in [-0.15, -0.1) is 0 Å². The number of benzene rings is 2. The lowest BCUT2D eigenvalue weighted by Crippen LogP contribution is -2.19. The van der Waals surface area contributed by atoms with E-state index < -0.39 is 0 Å². The maximum Gasteiger partial charge on any atom is 0.216 e. The van der Waals surface area contributed by atoms with E-state index in [0.717, 1.165) is 11.1 Å². The minimum absolute atomic E-state index is 0.229. The molecule has 0 bridgehead atoms. The number of hydrogen-bond acceptors (Lipinski definition) is 6. The molecule has 3 rings (SSSR count). The molecule has 0 spiro atoms. The number of nitrogens with zero attached hydrogens (tertiary/aromatic N) is 1. The second-order valence-corrected chi connectivity index (χ2v) is 5.85. The molecule has 0 saturated carbocycles. The van der Waals surface area contributed by atoms with Gasteiger partial charge in [0.25, 0.3) is 0 Å². The van der Waals surface area contributed by atoms with Crippen molar-refractivity contribution in [1.82, 2.24) is 0 Å². The molecule has 1 atom stereocenters. The van der Waals surface area contributed by atoms with Crippen molar-refractivity contribution in [1.29, 1.82) is 0 Å². The minimum Gasteiger partial charge on any atom is -0.493 e. The zero-order valence-electron chi connectivity index (χ0n) is 14.3. The number of hydrogen-bond donors (Lipinski definition) is 0. The highest BCUT2D eigenvalue weighted by molar-refractivity contribution is 7.81. The van der Waals surface area contributed by atoms with Crippen LogP contribution in [0, 0.1) is 0 Å². The lowest BCUT2D eigenvalue weighted by molar-refractivity contribution is 0.324. The van der Waals surface area contributed by atoms with Gasteiger partial charge in [0.1, 0.15) is 12.6 Å². The Balaban J connectivity index is 1.90. The van der Waals surface area contributed by atoms with Crippen molar-refractivity contribution in [3.63, 3.8) is 0 Å². The van der Waals surface area contributed by atoms with Gasteiger partial charge in [0.15, 0.2) is 11.5 Å². The summed E-state index contributed by atoms with van der Waals surface area (Å²) in [4.78, 5) is 5.30. The molecule has 0 aromatic heterocycles. The van der Waals surface area contributed by atoms with Crippen LogP contribution in [0.1, 0.15) is 11.1 Å². The lowest BCUT2D eigenvalue weighted by atomic mass is 10.1. The molecular formula is C19H19NO4S. The summed E-state index contributed by atoms with van der Waals surface area (Å²) in [6, 6.07) is 13.2. The first-order chi connectivity index (χ1) is 12.2. The van der Waals surface area contributed by atoms with Crippen LogP contribution in [0.4, 0.5) is 0 Å². The average molecular weight is 357 g/mol. The first kappa shape index (κ1) is 17.2. The minimum atomic E-state index is -0.229. The summed E-state index contributed by atoms with van der Waals surface area (Å²) in [5, 5.41) is 0. The van der Waals surface area contributed by atoms with E-state index >= 15 is 0 Å². The molecular weight excluding hydrogens is 338 g/mol. The highest BCUT2D eigenvalue weighted by atomic mass is 32.1. The van der Waals surface area contributed by atoms with Gasteiger partial charge in [-0.1, -0.05) is 30.4 Å². The lowest BCUT2D eigenvalue weighted by Gasteiger charge is -2.15. The van der Waals surface area contributed by atoms with Crippen molar-refractivity contribution in [3.8, 4) is 17.2 Å². The summed E-state index contributed by atoms with van der Waals surface area (Å²) in [5.41, 5.74) is 1.74. The van der Waals surface area contributed by atoms with Gasteiger partial charge in [-0.3, -0.25) is 0 Å². The maximum atomic E-state index is 5.73. The molecule has 130 valence electrons. The summed E-state index contributed by atoms with van der Waals surface area (Å²) in [6.07, 6.45) is 0. The molecule has 1 aliphatic heterocycles. The molecule has 0 saturated heterocycles. The topological polar surface area (TPSA) is 49.3 Å². The van der Waals surface area contributed by atoms with Crippen LogP contribution in [0.2, 0.25) is 0 Å². The number of ether oxygens (including phenoxy) is 4. The highest BCUT2D eigenvalue weighted by Crippen LogP contribution is 2.38. The third kappa shape index (κ3) is 3.44. The second-order valence-electron chi connectivity index (χ2n) is 5.41. The Kier molecular flexibility index (Phi) is 5.19. The largest absolute Gasteiger partial charge is 0.493 e. The van der Waals surface area contributed by atoms with Crippen molar-refractivity contribution in [2.45, 2.75) is 6.04 Å². The van der Waals surface area contributed by atoms with E-state index in [4.69, 9.17) is 31.2 Å². The predicted octanol–water partition coefficient (Wildman–Crippen LogP) is 3.28. The standard InChI is InChI=1S/C19H19NO4S/c1-21-15-9-13(10-16(22-2)17(15)23-3)18(25)14-11-24-19(20-14)12-7-5-4-6-8-12/h4-10,14H,11H2,1-3H3. The van der Waals surface area contributed by atoms with Crippen LogP contribution >= 0.6 is 12.2 Å². The monoisotopic (exact) mass is 357 g/mol. The Hall–Kier alpha value is -2.60. The van der Waals surface area contributed by atoms with Gasteiger partial charge in [0.05, 0.1) is 26.2 Å². The van der Waals surface area contributed by atoms with Crippen LogP contribution in [0.3, 0.4) is 0 Å². The molecule has 2 aromatic carbocycles. The molecule has 1 aliphatic rings. The van der Waals surface area contributed by atoms with E-state index in [0.29, 0.717) is 34.6 Å². The summed E-state index contributed by atoms with van der Waals surface area (Å²) < 4.78 is 21.9. The van der Waals surface area contributed by atoms with E-state index in [1.165, 1.54) is 0 Å². The zero-order valence-corrected chi connectivity index (χ0v) is 15.1. The van der Waals surface area contributed by atoms with Crippen molar-refractivity contribution in [2.24, 2.45) is 4.99 Å². The van der Waals surface area contributed by atoms with Crippen molar-refractivity contribution >= 4 is 23.0 Å². The molecule has 5 nitrogen and oxygen atoms in total. The summed E-state index contributed by atoms with van der Waals surface area (Å²) >= 11 is 5.64. The van der Waals surface area contributed by atoms with Crippen LogP contribution in [0.15, 0.2) is 47.5 Å². The van der Waals surface area contributed by atoms with Gasteiger partial charge < -0.3 is 18.9 Å². The SMILES string of the molecule is COc1cc(C(=S)C2COC(c3ccccc3)=N2)cc(OC)c1OC. The Bertz CT molecular complexity index is 779. The zero-order chi connectivity index (χ0) is 17.8. The van der Waals surface area contributed by atoms with Gasteiger partial charge >= 0.3 is 0 Å². The molecule has 0 amide bonds. The quantitative estimate of drug-likeness (QED) is 0.587. The maximum absolute atomic E-state index is 5.73. The molecule has 1 heterocycles. The Labute approximate surface area is 152 Å². The Morgan fingerprint density at radius 3 is 2.24 bits per heavy atom. The van der Waals surface area contributed by atoms with Crippen LogP contribution in [0.5, 0.6) is 17.2 Å². The fraction of sp³-hybridized carbons (Fsp3) is 0.263. The van der Waals surface area contributed by atoms with Gasteiger partial charge in [0.2, 0.25) is 11.6 Å². The number of rotatable bonds is 6. The molecule has 0 fully saturated rings. The predicted molar refractivity (Wildman–Crippen MR) is 101 cm³/mol. The molecule has 1 unspecified atom stereocenters. The highest BCUT2D eigenvalue weighted by Gasteiger charge is 2.26. The number of thiocarbonyl (C=S) groups is 1.